The number of aryl methyl sites for hydroxylation is 1. The summed E-state index contributed by atoms with van der Waals surface area (Å²) in [5.41, 5.74) is 3.52. The molecule has 0 fully saturated rings. The van der Waals surface area contributed by atoms with Gasteiger partial charge in [-0.2, -0.15) is 0 Å². The lowest BCUT2D eigenvalue weighted by Crippen LogP contribution is -2.32. The standard InChI is InChI=1S/C19H18N2O2/c1-12-8-10-13(11-9-12)20-16-17(21(2)3)19(23)15-7-5-4-6-14(15)18(16)22/h4-11,20H,1-3H3. The van der Waals surface area contributed by atoms with Gasteiger partial charge in [0, 0.05) is 30.9 Å². The molecule has 1 N–H and O–H groups in total. The number of carbonyl (C=O) groups is 2. The molecule has 0 saturated carbocycles. The molecular weight excluding hydrogens is 288 g/mol. The topological polar surface area (TPSA) is 49.4 Å². The van der Waals surface area contributed by atoms with Crippen LogP contribution < -0.4 is 5.32 Å². The van der Waals surface area contributed by atoms with Gasteiger partial charge in [-0.25, -0.2) is 0 Å². The highest BCUT2D eigenvalue weighted by atomic mass is 16.1. The number of allylic oxidation sites excluding steroid dienone is 2. The SMILES string of the molecule is Cc1ccc(NC2=C(N(C)C)C(=O)c3ccccc3C2=O)cc1. The Labute approximate surface area is 135 Å². The van der Waals surface area contributed by atoms with Crippen molar-refractivity contribution in [3.05, 3.63) is 76.6 Å². The minimum absolute atomic E-state index is 0.139. The molecule has 1 aliphatic rings. The largest absolute Gasteiger partial charge is 0.373 e. The molecule has 0 heterocycles. The molecule has 0 atom stereocenters. The predicted molar refractivity (Wildman–Crippen MR) is 90.6 cm³/mol. The molecule has 3 rings (SSSR count). The summed E-state index contributed by atoms with van der Waals surface area (Å²) in [7, 11) is 3.54. The summed E-state index contributed by atoms with van der Waals surface area (Å²) in [6, 6.07) is 14.6. The second-order valence-electron chi connectivity index (χ2n) is 5.81. The number of hydrogen-bond donors (Lipinski definition) is 1. The number of hydrogen-bond acceptors (Lipinski definition) is 4. The van der Waals surface area contributed by atoms with Crippen molar-refractivity contribution in [2.24, 2.45) is 0 Å². The van der Waals surface area contributed by atoms with E-state index in [2.05, 4.69) is 5.32 Å². The van der Waals surface area contributed by atoms with Gasteiger partial charge < -0.3 is 10.2 Å². The number of ketones is 2. The number of anilines is 1. The number of benzene rings is 2. The quantitative estimate of drug-likeness (QED) is 0.945. The van der Waals surface area contributed by atoms with Crippen molar-refractivity contribution >= 4 is 17.3 Å². The summed E-state index contributed by atoms with van der Waals surface area (Å²) in [6.45, 7) is 2.00. The van der Waals surface area contributed by atoms with E-state index < -0.39 is 0 Å². The zero-order chi connectivity index (χ0) is 16.6. The maximum atomic E-state index is 12.8. The molecule has 4 heteroatoms. The molecule has 0 aliphatic heterocycles. The van der Waals surface area contributed by atoms with Crippen LogP contribution in [0.15, 0.2) is 59.9 Å². The van der Waals surface area contributed by atoms with Gasteiger partial charge in [-0.3, -0.25) is 9.59 Å². The molecule has 0 amide bonds. The summed E-state index contributed by atoms with van der Waals surface area (Å²) in [5.74, 6) is -0.302. The lowest BCUT2D eigenvalue weighted by molar-refractivity contribution is 0.0953. The summed E-state index contributed by atoms with van der Waals surface area (Å²) in [5, 5.41) is 3.13. The fourth-order valence-corrected chi connectivity index (χ4v) is 2.69. The number of carbonyl (C=O) groups excluding carboxylic acids is 2. The number of nitrogens with one attached hydrogen (secondary N) is 1. The van der Waals surface area contributed by atoms with Gasteiger partial charge >= 0.3 is 0 Å². The van der Waals surface area contributed by atoms with Crippen LogP contribution in [0.5, 0.6) is 0 Å². The van der Waals surface area contributed by atoms with Gasteiger partial charge in [-0.1, -0.05) is 42.0 Å². The maximum Gasteiger partial charge on any atom is 0.212 e. The molecule has 116 valence electrons. The number of rotatable bonds is 3. The van der Waals surface area contributed by atoms with Crippen LogP contribution in [0.25, 0.3) is 0 Å². The number of likely N-dealkylation sites (N-methyl/N-ethyl adjacent to an activating group) is 1. The van der Waals surface area contributed by atoms with E-state index in [0.717, 1.165) is 11.3 Å². The summed E-state index contributed by atoms with van der Waals surface area (Å²) in [6.07, 6.45) is 0. The lowest BCUT2D eigenvalue weighted by Gasteiger charge is -2.26. The van der Waals surface area contributed by atoms with Crippen LogP contribution in [-0.2, 0) is 0 Å². The highest BCUT2D eigenvalue weighted by molar-refractivity contribution is 6.27. The van der Waals surface area contributed by atoms with E-state index in [9.17, 15) is 9.59 Å². The molecule has 23 heavy (non-hydrogen) atoms. The molecule has 0 bridgehead atoms. The van der Waals surface area contributed by atoms with Gasteiger partial charge in [0.05, 0.1) is 0 Å². The molecule has 1 aliphatic carbocycles. The minimum atomic E-state index is -0.163. The molecule has 0 aromatic heterocycles. The normalized spacial score (nSPS) is 13.9. The molecule has 0 radical (unpaired) electrons. The summed E-state index contributed by atoms with van der Waals surface area (Å²) < 4.78 is 0. The van der Waals surface area contributed by atoms with Gasteiger partial charge in [0.1, 0.15) is 11.4 Å². The van der Waals surface area contributed by atoms with Gasteiger partial charge in [-0.15, -0.1) is 0 Å². The van der Waals surface area contributed by atoms with E-state index in [1.54, 1.807) is 43.3 Å². The smallest absolute Gasteiger partial charge is 0.212 e. The Morgan fingerprint density at radius 2 is 1.39 bits per heavy atom. The monoisotopic (exact) mass is 306 g/mol. The number of Topliss-reactive ketones (excluding diaryl/α,β-unsaturated/α-hetero) is 2. The second-order valence-corrected chi connectivity index (χ2v) is 5.81. The molecule has 0 unspecified atom stereocenters. The van der Waals surface area contributed by atoms with Crippen molar-refractivity contribution in [2.75, 3.05) is 19.4 Å². The van der Waals surface area contributed by atoms with Crippen molar-refractivity contribution in [1.82, 2.24) is 4.90 Å². The average molecular weight is 306 g/mol. The van der Waals surface area contributed by atoms with Gasteiger partial charge in [0.25, 0.3) is 0 Å². The van der Waals surface area contributed by atoms with Crippen LogP contribution in [0, 0.1) is 6.92 Å². The van der Waals surface area contributed by atoms with Crippen molar-refractivity contribution in [1.29, 1.82) is 0 Å². The highest BCUT2D eigenvalue weighted by Gasteiger charge is 2.33. The zero-order valence-corrected chi connectivity index (χ0v) is 13.4. The van der Waals surface area contributed by atoms with Gasteiger partial charge in [0.15, 0.2) is 0 Å². The van der Waals surface area contributed by atoms with E-state index in [0.29, 0.717) is 22.5 Å². The maximum absolute atomic E-state index is 12.8. The van der Waals surface area contributed by atoms with Crippen molar-refractivity contribution in [2.45, 2.75) is 6.92 Å². The fourth-order valence-electron chi connectivity index (χ4n) is 2.69. The van der Waals surface area contributed by atoms with Crippen molar-refractivity contribution < 1.29 is 9.59 Å². The third-order valence-corrected chi connectivity index (χ3v) is 3.86. The predicted octanol–water partition coefficient (Wildman–Crippen LogP) is 3.26. The molecule has 2 aromatic rings. The first-order valence-electron chi connectivity index (χ1n) is 7.42. The van der Waals surface area contributed by atoms with Crippen molar-refractivity contribution in [3.63, 3.8) is 0 Å². The highest BCUT2D eigenvalue weighted by Crippen LogP contribution is 2.28. The molecule has 4 nitrogen and oxygen atoms in total. The fraction of sp³-hybridized carbons (Fsp3) is 0.158. The average Bonchev–Trinajstić information content (AvgIpc) is 2.54. The molecule has 2 aromatic carbocycles. The van der Waals surface area contributed by atoms with Crippen LogP contribution in [-0.4, -0.2) is 30.6 Å². The molecular formula is C19H18N2O2. The third-order valence-electron chi connectivity index (χ3n) is 3.86. The Bertz CT molecular complexity index is 818. The third kappa shape index (κ3) is 2.63. The van der Waals surface area contributed by atoms with E-state index in [4.69, 9.17) is 0 Å². The van der Waals surface area contributed by atoms with Crippen LogP contribution in [0.3, 0.4) is 0 Å². The van der Waals surface area contributed by atoms with Gasteiger partial charge in [-0.05, 0) is 19.1 Å². The number of fused-ring (bicyclic) bond motifs is 1. The lowest BCUT2D eigenvalue weighted by atomic mass is 9.89. The van der Waals surface area contributed by atoms with E-state index >= 15 is 0 Å². The summed E-state index contributed by atoms with van der Waals surface area (Å²) >= 11 is 0. The van der Waals surface area contributed by atoms with Crippen LogP contribution in [0.1, 0.15) is 26.3 Å². The van der Waals surface area contributed by atoms with E-state index in [1.165, 1.54) is 0 Å². The first-order valence-corrected chi connectivity index (χ1v) is 7.42. The molecule has 0 saturated heterocycles. The Kier molecular flexibility index (Phi) is 3.74. The zero-order valence-electron chi connectivity index (χ0n) is 13.4. The summed E-state index contributed by atoms with van der Waals surface area (Å²) in [4.78, 5) is 27.3. The Hall–Kier alpha value is -2.88. The minimum Gasteiger partial charge on any atom is -0.373 e. The number of nitrogens with zero attached hydrogens (tertiary/aromatic N) is 1. The van der Waals surface area contributed by atoms with E-state index in [1.807, 2.05) is 31.2 Å². The van der Waals surface area contributed by atoms with Crippen molar-refractivity contribution in [3.8, 4) is 0 Å². The van der Waals surface area contributed by atoms with Crippen LogP contribution >= 0.6 is 0 Å². The van der Waals surface area contributed by atoms with Crippen LogP contribution in [0.4, 0.5) is 5.69 Å². The Balaban J connectivity index is 2.10. The first-order chi connectivity index (χ1) is 11.0. The van der Waals surface area contributed by atoms with Crippen LogP contribution in [0.2, 0.25) is 0 Å². The Morgan fingerprint density at radius 1 is 0.826 bits per heavy atom. The van der Waals surface area contributed by atoms with E-state index in [-0.39, 0.29) is 11.6 Å². The molecule has 0 spiro atoms. The first kappa shape index (κ1) is 15.0. The second kappa shape index (κ2) is 5.72. The Morgan fingerprint density at radius 3 is 1.96 bits per heavy atom. The van der Waals surface area contributed by atoms with Gasteiger partial charge in [0.2, 0.25) is 11.6 Å².